The molecule has 0 bridgehead atoms. The van der Waals surface area contributed by atoms with Gasteiger partial charge >= 0.3 is 0 Å². The fourth-order valence-corrected chi connectivity index (χ4v) is 2.42. The summed E-state index contributed by atoms with van der Waals surface area (Å²) in [5.41, 5.74) is 2.76. The molecule has 0 radical (unpaired) electrons. The van der Waals surface area contributed by atoms with Crippen LogP contribution in [-0.2, 0) is 13.5 Å². The Morgan fingerprint density at radius 2 is 2.00 bits per heavy atom. The maximum atomic E-state index is 13.5. The fraction of sp³-hybridized carbons (Fsp3) is 0.438. The number of halogens is 2. The third-order valence-electron chi connectivity index (χ3n) is 3.50. The number of rotatable bonds is 6. The normalized spacial score (nSPS) is 12.6. The topological polar surface area (TPSA) is 29.9 Å². The van der Waals surface area contributed by atoms with Gasteiger partial charge in [-0.3, -0.25) is 4.68 Å². The third kappa shape index (κ3) is 3.88. The molecule has 0 saturated heterocycles. The quantitative estimate of drug-likeness (QED) is 0.885. The zero-order valence-electron chi connectivity index (χ0n) is 12.7. The Hall–Kier alpha value is -1.75. The Labute approximate surface area is 124 Å². The van der Waals surface area contributed by atoms with Crippen molar-refractivity contribution in [1.82, 2.24) is 15.1 Å². The lowest BCUT2D eigenvalue weighted by atomic mass is 10.0. The van der Waals surface area contributed by atoms with Crippen molar-refractivity contribution in [3.8, 4) is 0 Å². The van der Waals surface area contributed by atoms with Gasteiger partial charge in [-0.15, -0.1) is 0 Å². The SMILES string of the molecule is CCCNC(Cc1cc(C)nn1C)c1ccc(F)c(F)c1. The van der Waals surface area contributed by atoms with Gasteiger partial charge in [0, 0.05) is 25.2 Å². The molecule has 21 heavy (non-hydrogen) atoms. The molecule has 3 nitrogen and oxygen atoms in total. The minimum Gasteiger partial charge on any atom is -0.310 e. The standard InChI is InChI=1S/C16H21F2N3/c1-4-7-19-16(10-13-8-11(2)20-21(13)3)12-5-6-14(17)15(18)9-12/h5-6,8-9,16,19H,4,7,10H2,1-3H3. The molecule has 114 valence electrons. The van der Waals surface area contributed by atoms with E-state index >= 15 is 0 Å². The molecule has 0 amide bonds. The van der Waals surface area contributed by atoms with Crippen molar-refractivity contribution in [3.05, 3.63) is 52.9 Å². The molecular formula is C16H21F2N3. The van der Waals surface area contributed by atoms with Gasteiger partial charge in [0.05, 0.1) is 5.69 Å². The highest BCUT2D eigenvalue weighted by Crippen LogP contribution is 2.21. The summed E-state index contributed by atoms with van der Waals surface area (Å²) in [7, 11) is 1.89. The highest BCUT2D eigenvalue weighted by molar-refractivity contribution is 5.23. The van der Waals surface area contributed by atoms with Gasteiger partial charge in [-0.05, 0) is 43.7 Å². The van der Waals surface area contributed by atoms with Crippen LogP contribution in [0.1, 0.15) is 36.3 Å². The van der Waals surface area contributed by atoms with E-state index < -0.39 is 11.6 Å². The molecule has 1 heterocycles. The van der Waals surface area contributed by atoms with Crippen LogP contribution in [0.2, 0.25) is 0 Å². The van der Waals surface area contributed by atoms with Crippen molar-refractivity contribution >= 4 is 0 Å². The van der Waals surface area contributed by atoms with Gasteiger partial charge in [0.1, 0.15) is 0 Å². The second-order valence-electron chi connectivity index (χ2n) is 5.29. The lowest BCUT2D eigenvalue weighted by molar-refractivity contribution is 0.488. The van der Waals surface area contributed by atoms with Gasteiger partial charge in [-0.25, -0.2) is 8.78 Å². The summed E-state index contributed by atoms with van der Waals surface area (Å²) in [6, 6.07) is 6.04. The summed E-state index contributed by atoms with van der Waals surface area (Å²) in [5.74, 6) is -1.62. The van der Waals surface area contributed by atoms with E-state index in [4.69, 9.17) is 0 Å². The molecule has 1 aromatic heterocycles. The van der Waals surface area contributed by atoms with Crippen LogP contribution >= 0.6 is 0 Å². The number of nitrogens with zero attached hydrogens (tertiary/aromatic N) is 2. The number of benzene rings is 1. The summed E-state index contributed by atoms with van der Waals surface area (Å²) in [4.78, 5) is 0. The van der Waals surface area contributed by atoms with Gasteiger partial charge in [-0.2, -0.15) is 5.10 Å². The number of nitrogens with one attached hydrogen (secondary N) is 1. The molecular weight excluding hydrogens is 272 g/mol. The first kappa shape index (κ1) is 15.6. The molecule has 1 N–H and O–H groups in total. The van der Waals surface area contributed by atoms with Gasteiger partial charge in [0.25, 0.3) is 0 Å². The molecule has 1 atom stereocenters. The predicted octanol–water partition coefficient (Wildman–Crippen LogP) is 3.29. The zero-order valence-corrected chi connectivity index (χ0v) is 12.7. The molecule has 0 saturated carbocycles. The number of aromatic nitrogens is 2. The Kier molecular flexibility index (Phi) is 5.07. The van der Waals surface area contributed by atoms with Gasteiger partial charge in [0.2, 0.25) is 0 Å². The van der Waals surface area contributed by atoms with Crippen molar-refractivity contribution in [2.45, 2.75) is 32.7 Å². The molecule has 1 aromatic carbocycles. The Morgan fingerprint density at radius 3 is 2.57 bits per heavy atom. The largest absolute Gasteiger partial charge is 0.310 e. The average Bonchev–Trinajstić information content (AvgIpc) is 2.76. The van der Waals surface area contributed by atoms with E-state index in [1.807, 2.05) is 24.7 Å². The first-order valence-electron chi connectivity index (χ1n) is 7.19. The Balaban J connectivity index is 2.24. The van der Waals surface area contributed by atoms with E-state index in [0.29, 0.717) is 6.42 Å². The smallest absolute Gasteiger partial charge is 0.159 e. The summed E-state index contributed by atoms with van der Waals surface area (Å²) in [5, 5.41) is 7.71. The summed E-state index contributed by atoms with van der Waals surface area (Å²) < 4.78 is 28.4. The third-order valence-corrected chi connectivity index (χ3v) is 3.50. The second kappa shape index (κ2) is 6.80. The van der Waals surface area contributed by atoms with Crippen LogP contribution in [0.15, 0.2) is 24.3 Å². The second-order valence-corrected chi connectivity index (χ2v) is 5.29. The lowest BCUT2D eigenvalue weighted by Gasteiger charge is -2.19. The number of hydrogen-bond acceptors (Lipinski definition) is 2. The minimum atomic E-state index is -0.815. The fourth-order valence-electron chi connectivity index (χ4n) is 2.42. The summed E-state index contributed by atoms with van der Waals surface area (Å²) >= 11 is 0. The molecule has 2 aromatic rings. The molecule has 2 rings (SSSR count). The van der Waals surface area contributed by atoms with E-state index in [9.17, 15) is 8.78 Å². The van der Waals surface area contributed by atoms with Crippen molar-refractivity contribution in [2.24, 2.45) is 7.05 Å². The van der Waals surface area contributed by atoms with Crippen LogP contribution < -0.4 is 5.32 Å². The Morgan fingerprint density at radius 1 is 1.24 bits per heavy atom. The van der Waals surface area contributed by atoms with E-state index in [1.165, 1.54) is 12.1 Å². The van der Waals surface area contributed by atoms with Crippen molar-refractivity contribution < 1.29 is 8.78 Å². The monoisotopic (exact) mass is 293 g/mol. The van der Waals surface area contributed by atoms with Crippen molar-refractivity contribution in [3.63, 3.8) is 0 Å². The van der Waals surface area contributed by atoms with Crippen molar-refractivity contribution in [2.75, 3.05) is 6.54 Å². The van der Waals surface area contributed by atoms with Gasteiger partial charge in [0.15, 0.2) is 11.6 Å². The number of hydrogen-bond donors (Lipinski definition) is 1. The highest BCUT2D eigenvalue weighted by atomic mass is 19.2. The maximum Gasteiger partial charge on any atom is 0.159 e. The van der Waals surface area contributed by atoms with E-state index in [-0.39, 0.29) is 6.04 Å². The molecule has 0 spiro atoms. The zero-order chi connectivity index (χ0) is 15.4. The minimum absolute atomic E-state index is 0.0603. The van der Waals surface area contributed by atoms with Crippen LogP contribution in [0, 0.1) is 18.6 Å². The molecule has 0 aliphatic rings. The van der Waals surface area contributed by atoms with Crippen LogP contribution in [0.4, 0.5) is 8.78 Å². The van der Waals surface area contributed by atoms with Gasteiger partial charge in [-0.1, -0.05) is 13.0 Å². The summed E-state index contributed by atoms with van der Waals surface area (Å²) in [6.07, 6.45) is 1.66. The predicted molar refractivity (Wildman–Crippen MR) is 79.0 cm³/mol. The lowest BCUT2D eigenvalue weighted by Crippen LogP contribution is -2.25. The van der Waals surface area contributed by atoms with E-state index in [0.717, 1.165) is 29.9 Å². The van der Waals surface area contributed by atoms with Crippen LogP contribution in [0.3, 0.4) is 0 Å². The maximum absolute atomic E-state index is 13.5. The average molecular weight is 293 g/mol. The van der Waals surface area contributed by atoms with E-state index in [1.54, 1.807) is 6.07 Å². The van der Waals surface area contributed by atoms with Crippen molar-refractivity contribution in [1.29, 1.82) is 0 Å². The first-order valence-corrected chi connectivity index (χ1v) is 7.19. The molecule has 1 unspecified atom stereocenters. The van der Waals surface area contributed by atoms with Crippen LogP contribution in [0.25, 0.3) is 0 Å². The molecule has 0 fully saturated rings. The summed E-state index contributed by atoms with van der Waals surface area (Å²) in [6.45, 7) is 4.83. The van der Waals surface area contributed by atoms with Crippen LogP contribution in [0.5, 0.6) is 0 Å². The van der Waals surface area contributed by atoms with E-state index in [2.05, 4.69) is 17.3 Å². The molecule has 0 aliphatic heterocycles. The molecule has 0 aliphatic carbocycles. The Bertz CT molecular complexity index is 608. The molecule has 5 heteroatoms. The van der Waals surface area contributed by atoms with Crippen LogP contribution in [-0.4, -0.2) is 16.3 Å². The highest BCUT2D eigenvalue weighted by Gasteiger charge is 2.16. The number of aryl methyl sites for hydroxylation is 2. The van der Waals surface area contributed by atoms with Gasteiger partial charge < -0.3 is 5.32 Å². The first-order chi connectivity index (χ1) is 10.0.